The van der Waals surface area contributed by atoms with Gasteiger partial charge < -0.3 is 4.42 Å². The largest absolute Gasteiger partial charge is 0.420 e. The van der Waals surface area contributed by atoms with Gasteiger partial charge in [-0.15, -0.1) is 10.2 Å². The number of rotatable bonds is 4. The van der Waals surface area contributed by atoms with Gasteiger partial charge in [-0.25, -0.2) is 12.8 Å². The Morgan fingerprint density at radius 3 is 2.38 bits per heavy atom. The molecule has 0 N–H and O–H groups in total. The van der Waals surface area contributed by atoms with Gasteiger partial charge in [-0.3, -0.25) is 0 Å². The lowest BCUT2D eigenvalue weighted by Gasteiger charge is -2.30. The normalized spacial score (nSPS) is 16.2. The van der Waals surface area contributed by atoms with Gasteiger partial charge in [0.25, 0.3) is 0 Å². The molecule has 2 heterocycles. The van der Waals surface area contributed by atoms with Gasteiger partial charge in [0.1, 0.15) is 5.82 Å². The molecule has 29 heavy (non-hydrogen) atoms. The van der Waals surface area contributed by atoms with Crippen LogP contribution >= 0.6 is 0 Å². The highest BCUT2D eigenvalue weighted by Crippen LogP contribution is 2.32. The van der Waals surface area contributed by atoms with Crippen molar-refractivity contribution in [3.8, 4) is 11.5 Å². The van der Waals surface area contributed by atoms with E-state index in [4.69, 9.17) is 4.42 Å². The summed E-state index contributed by atoms with van der Waals surface area (Å²) in [6, 6.07) is 11.2. The fraction of sp³-hybridized carbons (Fsp3) is 0.333. The Bertz CT molecular complexity index is 1120. The standard InChI is InChI=1S/C21H22FN3O3S/c1-14-3-8-19(15(2)13-14)29(26,27)25-11-9-17(10-12-25)21-24-23-20(28-21)16-4-6-18(22)7-5-16/h3-8,13,17H,9-12H2,1-2H3. The van der Waals surface area contributed by atoms with Crippen molar-refractivity contribution in [3.05, 3.63) is 65.3 Å². The number of hydrogen-bond donors (Lipinski definition) is 0. The summed E-state index contributed by atoms with van der Waals surface area (Å²) in [6.07, 6.45) is 1.21. The van der Waals surface area contributed by atoms with Crippen molar-refractivity contribution >= 4 is 10.0 Å². The first-order chi connectivity index (χ1) is 13.8. The predicted molar refractivity (Wildman–Crippen MR) is 106 cm³/mol. The van der Waals surface area contributed by atoms with Crippen molar-refractivity contribution in [1.82, 2.24) is 14.5 Å². The molecule has 0 atom stereocenters. The summed E-state index contributed by atoms with van der Waals surface area (Å²) in [5.41, 5.74) is 2.45. The van der Waals surface area contributed by atoms with Crippen molar-refractivity contribution in [2.24, 2.45) is 0 Å². The maximum atomic E-state index is 13.1. The van der Waals surface area contributed by atoms with E-state index < -0.39 is 10.0 Å². The van der Waals surface area contributed by atoms with Crippen molar-refractivity contribution < 1.29 is 17.2 Å². The highest BCUT2D eigenvalue weighted by Gasteiger charge is 2.32. The summed E-state index contributed by atoms with van der Waals surface area (Å²) in [5.74, 6) is 0.506. The molecule has 0 saturated carbocycles. The number of piperidine rings is 1. The molecule has 6 nitrogen and oxygen atoms in total. The Kier molecular flexibility index (Phi) is 5.23. The van der Waals surface area contributed by atoms with Crippen LogP contribution in [0.1, 0.15) is 35.8 Å². The first-order valence-electron chi connectivity index (χ1n) is 9.51. The van der Waals surface area contributed by atoms with E-state index in [-0.39, 0.29) is 11.7 Å². The lowest BCUT2D eigenvalue weighted by atomic mass is 9.98. The lowest BCUT2D eigenvalue weighted by Crippen LogP contribution is -2.38. The third kappa shape index (κ3) is 3.95. The van der Waals surface area contributed by atoms with E-state index in [1.165, 1.54) is 16.4 Å². The number of hydrogen-bond acceptors (Lipinski definition) is 5. The summed E-state index contributed by atoms with van der Waals surface area (Å²) in [4.78, 5) is 0.359. The zero-order valence-corrected chi connectivity index (χ0v) is 17.1. The van der Waals surface area contributed by atoms with Gasteiger partial charge in [0.15, 0.2) is 0 Å². The highest BCUT2D eigenvalue weighted by molar-refractivity contribution is 7.89. The number of nitrogens with zero attached hydrogens (tertiary/aromatic N) is 3. The van der Waals surface area contributed by atoms with E-state index in [2.05, 4.69) is 10.2 Å². The van der Waals surface area contributed by atoms with Crippen LogP contribution in [0.15, 0.2) is 51.8 Å². The van der Waals surface area contributed by atoms with E-state index >= 15 is 0 Å². The molecule has 8 heteroatoms. The van der Waals surface area contributed by atoms with Crippen LogP contribution in [0, 0.1) is 19.7 Å². The molecule has 4 rings (SSSR count). The smallest absolute Gasteiger partial charge is 0.247 e. The molecule has 1 aromatic heterocycles. The van der Waals surface area contributed by atoms with Gasteiger partial charge in [0, 0.05) is 24.6 Å². The first-order valence-corrected chi connectivity index (χ1v) is 11.0. The summed E-state index contributed by atoms with van der Waals surface area (Å²) < 4.78 is 46.4. The Balaban J connectivity index is 1.46. The molecule has 0 aliphatic carbocycles. The highest BCUT2D eigenvalue weighted by atomic mass is 32.2. The van der Waals surface area contributed by atoms with Crippen molar-refractivity contribution in [1.29, 1.82) is 0 Å². The maximum Gasteiger partial charge on any atom is 0.247 e. The Hall–Kier alpha value is -2.58. The third-order valence-electron chi connectivity index (χ3n) is 5.28. The molecule has 1 aliphatic heterocycles. The second-order valence-corrected chi connectivity index (χ2v) is 9.31. The minimum atomic E-state index is -3.53. The number of aromatic nitrogens is 2. The number of halogens is 1. The quantitative estimate of drug-likeness (QED) is 0.642. The SMILES string of the molecule is Cc1ccc(S(=O)(=O)N2CCC(c3nnc(-c4ccc(F)cc4)o3)CC2)c(C)c1. The topological polar surface area (TPSA) is 76.3 Å². The average Bonchev–Trinajstić information content (AvgIpc) is 3.18. The van der Waals surface area contributed by atoms with Crippen LogP contribution in [0.4, 0.5) is 4.39 Å². The van der Waals surface area contributed by atoms with E-state index in [0.717, 1.165) is 11.1 Å². The predicted octanol–water partition coefficient (Wildman–Crippen LogP) is 4.06. The molecule has 1 saturated heterocycles. The van der Waals surface area contributed by atoms with Crippen molar-refractivity contribution in [2.75, 3.05) is 13.1 Å². The van der Waals surface area contributed by atoms with Crippen LogP contribution < -0.4 is 0 Å². The van der Waals surface area contributed by atoms with E-state index in [1.807, 2.05) is 26.0 Å². The molecule has 0 spiro atoms. The van der Waals surface area contributed by atoms with Gasteiger partial charge in [-0.2, -0.15) is 4.31 Å². The fourth-order valence-corrected chi connectivity index (χ4v) is 5.36. The number of aryl methyl sites for hydroxylation is 2. The zero-order valence-electron chi connectivity index (χ0n) is 16.3. The van der Waals surface area contributed by atoms with Gasteiger partial charge in [0.05, 0.1) is 4.90 Å². The molecule has 0 bridgehead atoms. The molecule has 1 fully saturated rings. The Labute approximate surface area is 169 Å². The average molecular weight is 415 g/mol. The van der Waals surface area contributed by atoms with Gasteiger partial charge >= 0.3 is 0 Å². The third-order valence-corrected chi connectivity index (χ3v) is 7.34. The lowest BCUT2D eigenvalue weighted by molar-refractivity contribution is 0.291. The molecular formula is C21H22FN3O3S. The minimum Gasteiger partial charge on any atom is -0.420 e. The van der Waals surface area contributed by atoms with E-state index in [1.54, 1.807) is 18.2 Å². The zero-order chi connectivity index (χ0) is 20.6. The van der Waals surface area contributed by atoms with Gasteiger partial charge in [-0.05, 0) is 62.6 Å². The number of sulfonamides is 1. The van der Waals surface area contributed by atoms with Gasteiger partial charge in [0.2, 0.25) is 21.8 Å². The van der Waals surface area contributed by atoms with E-state index in [9.17, 15) is 12.8 Å². The summed E-state index contributed by atoms with van der Waals surface area (Å²) in [6.45, 7) is 4.56. The maximum absolute atomic E-state index is 13.1. The Morgan fingerprint density at radius 2 is 1.72 bits per heavy atom. The summed E-state index contributed by atoms with van der Waals surface area (Å²) in [5, 5.41) is 8.19. The van der Waals surface area contributed by atoms with Crippen LogP contribution in [0.2, 0.25) is 0 Å². The second kappa shape index (κ2) is 7.68. The molecule has 2 aromatic carbocycles. The van der Waals surface area contributed by atoms with Crippen LogP contribution in [-0.4, -0.2) is 36.0 Å². The van der Waals surface area contributed by atoms with Crippen LogP contribution in [0.5, 0.6) is 0 Å². The van der Waals surface area contributed by atoms with Gasteiger partial charge in [-0.1, -0.05) is 17.7 Å². The van der Waals surface area contributed by atoms with Crippen LogP contribution in [0.25, 0.3) is 11.5 Å². The van der Waals surface area contributed by atoms with Crippen molar-refractivity contribution in [2.45, 2.75) is 37.5 Å². The summed E-state index contributed by atoms with van der Waals surface area (Å²) in [7, 11) is -3.53. The molecule has 1 aliphatic rings. The minimum absolute atomic E-state index is 0.00210. The van der Waals surface area contributed by atoms with Crippen LogP contribution in [0.3, 0.4) is 0 Å². The molecule has 3 aromatic rings. The number of benzene rings is 2. The summed E-state index contributed by atoms with van der Waals surface area (Å²) >= 11 is 0. The molecule has 0 radical (unpaired) electrons. The monoisotopic (exact) mass is 415 g/mol. The van der Waals surface area contributed by atoms with Crippen LogP contribution in [-0.2, 0) is 10.0 Å². The first kappa shape index (κ1) is 19.7. The molecule has 152 valence electrons. The van der Waals surface area contributed by atoms with E-state index in [0.29, 0.717) is 48.2 Å². The molecule has 0 amide bonds. The fourth-order valence-electron chi connectivity index (χ4n) is 3.68. The van der Waals surface area contributed by atoms with Crippen molar-refractivity contribution in [3.63, 3.8) is 0 Å². The Morgan fingerprint density at radius 1 is 1.03 bits per heavy atom. The second-order valence-electron chi connectivity index (χ2n) is 7.40. The molecule has 0 unspecified atom stereocenters. The molecular weight excluding hydrogens is 393 g/mol.